The van der Waals surface area contributed by atoms with Crippen LogP contribution in [-0.4, -0.2) is 28.9 Å². The third kappa shape index (κ3) is 3.48. The van der Waals surface area contributed by atoms with Gasteiger partial charge in [-0.05, 0) is 49.1 Å². The number of carbonyl (C=O) groups excluding carboxylic acids is 1. The Bertz CT molecular complexity index is 733. The molecule has 2 aromatic rings. The summed E-state index contributed by atoms with van der Waals surface area (Å²) in [4.78, 5) is 12.0. The molecule has 0 unspecified atom stereocenters. The third-order valence-electron chi connectivity index (χ3n) is 4.16. The molecule has 4 nitrogen and oxygen atoms in total. The van der Waals surface area contributed by atoms with Gasteiger partial charge in [0.25, 0.3) is 0 Å². The first-order chi connectivity index (χ1) is 10.8. The normalized spacial score (nSPS) is 20.9. The molecule has 3 rings (SSSR count). The molecule has 0 heterocycles. The first-order valence-electron chi connectivity index (χ1n) is 8.00. The molecule has 0 bridgehead atoms. The van der Waals surface area contributed by atoms with E-state index in [2.05, 4.69) is 29.6 Å². The lowest BCUT2D eigenvalue weighted by Gasteiger charge is -2.32. The van der Waals surface area contributed by atoms with Gasteiger partial charge in [0.1, 0.15) is 5.60 Å². The van der Waals surface area contributed by atoms with Gasteiger partial charge < -0.3 is 15.2 Å². The molecule has 0 aliphatic heterocycles. The molecule has 4 heteroatoms. The van der Waals surface area contributed by atoms with Crippen LogP contribution in [0, 0.1) is 0 Å². The van der Waals surface area contributed by atoms with Gasteiger partial charge >= 0.3 is 6.09 Å². The van der Waals surface area contributed by atoms with Crippen molar-refractivity contribution in [2.24, 2.45) is 0 Å². The zero-order valence-corrected chi connectivity index (χ0v) is 13.8. The summed E-state index contributed by atoms with van der Waals surface area (Å²) in [5.41, 5.74) is 1.81. The van der Waals surface area contributed by atoms with Gasteiger partial charge in [-0.15, -0.1) is 0 Å². The van der Waals surface area contributed by atoms with E-state index in [0.717, 1.165) is 0 Å². The fourth-order valence-electron chi connectivity index (χ4n) is 3.14. The van der Waals surface area contributed by atoms with Crippen molar-refractivity contribution in [1.29, 1.82) is 0 Å². The Morgan fingerprint density at radius 2 is 1.91 bits per heavy atom. The van der Waals surface area contributed by atoms with Crippen molar-refractivity contribution >= 4 is 16.9 Å². The van der Waals surface area contributed by atoms with Gasteiger partial charge in [-0.25, -0.2) is 4.79 Å². The highest BCUT2D eigenvalue weighted by atomic mass is 16.6. The topological polar surface area (TPSA) is 58.6 Å². The van der Waals surface area contributed by atoms with Gasteiger partial charge in [0.2, 0.25) is 0 Å². The third-order valence-corrected chi connectivity index (χ3v) is 4.16. The van der Waals surface area contributed by atoms with Crippen LogP contribution in [0.15, 0.2) is 36.4 Å². The van der Waals surface area contributed by atoms with Gasteiger partial charge in [-0.2, -0.15) is 0 Å². The molecule has 23 heavy (non-hydrogen) atoms. The van der Waals surface area contributed by atoms with Gasteiger partial charge in [0, 0.05) is 6.42 Å². The second-order valence-corrected chi connectivity index (χ2v) is 7.15. The fourth-order valence-corrected chi connectivity index (χ4v) is 3.14. The predicted molar refractivity (Wildman–Crippen MR) is 90.5 cm³/mol. The minimum absolute atomic E-state index is 0.321. The van der Waals surface area contributed by atoms with Crippen molar-refractivity contribution in [2.75, 3.05) is 0 Å². The van der Waals surface area contributed by atoms with E-state index in [1.54, 1.807) is 0 Å². The SMILES string of the molecule is CC(C)(C)OC(=O)N[C@@H]1Cc2ccc3ccccc3c2C[C@H]1O. The average Bonchev–Trinajstić information content (AvgIpc) is 2.46. The van der Waals surface area contributed by atoms with Crippen LogP contribution < -0.4 is 5.32 Å². The molecular formula is C19H23NO3. The number of hydrogen-bond acceptors (Lipinski definition) is 3. The summed E-state index contributed by atoms with van der Waals surface area (Å²) >= 11 is 0. The van der Waals surface area contributed by atoms with Crippen LogP contribution in [0.2, 0.25) is 0 Å². The van der Waals surface area contributed by atoms with E-state index in [1.807, 2.05) is 32.9 Å². The molecule has 1 amide bonds. The number of aliphatic hydroxyl groups is 1. The summed E-state index contributed by atoms with van der Waals surface area (Å²) in [7, 11) is 0. The lowest BCUT2D eigenvalue weighted by Crippen LogP contribution is -2.49. The number of aliphatic hydroxyl groups excluding tert-OH is 1. The van der Waals surface area contributed by atoms with Crippen LogP contribution in [0.4, 0.5) is 4.79 Å². The van der Waals surface area contributed by atoms with Crippen molar-refractivity contribution < 1.29 is 14.6 Å². The number of benzene rings is 2. The quantitative estimate of drug-likeness (QED) is 0.850. The standard InChI is InChI=1S/C19H23NO3/c1-19(2,3)23-18(22)20-16-10-13-9-8-12-6-4-5-7-14(12)15(13)11-17(16)21/h4-9,16-17,21H,10-11H2,1-3H3,(H,20,22)/t16-,17-/m1/s1. The predicted octanol–water partition coefficient (Wildman–Crippen LogP) is 3.19. The summed E-state index contributed by atoms with van der Waals surface area (Å²) in [5, 5.41) is 15.6. The van der Waals surface area contributed by atoms with E-state index in [0.29, 0.717) is 12.8 Å². The fraction of sp³-hybridized carbons (Fsp3) is 0.421. The maximum atomic E-state index is 12.0. The Kier molecular flexibility index (Phi) is 4.02. The number of hydrogen-bond donors (Lipinski definition) is 2. The van der Waals surface area contributed by atoms with Crippen LogP contribution in [-0.2, 0) is 17.6 Å². The van der Waals surface area contributed by atoms with Crippen molar-refractivity contribution in [3.05, 3.63) is 47.5 Å². The summed E-state index contributed by atoms with van der Waals surface area (Å²) in [6.45, 7) is 5.47. The number of ether oxygens (including phenoxy) is 1. The molecule has 1 aliphatic rings. The summed E-state index contributed by atoms with van der Waals surface area (Å²) in [6.07, 6.45) is 0.0594. The van der Waals surface area contributed by atoms with Crippen molar-refractivity contribution in [2.45, 2.75) is 51.4 Å². The number of alkyl carbamates (subject to hydrolysis) is 1. The minimum atomic E-state index is -0.610. The smallest absolute Gasteiger partial charge is 0.407 e. The molecule has 122 valence electrons. The molecule has 1 aliphatic carbocycles. The largest absolute Gasteiger partial charge is 0.444 e. The van der Waals surface area contributed by atoms with Gasteiger partial charge in [-0.1, -0.05) is 36.4 Å². The number of amides is 1. The van der Waals surface area contributed by atoms with Gasteiger partial charge in [-0.3, -0.25) is 0 Å². The van der Waals surface area contributed by atoms with Gasteiger partial charge in [0.05, 0.1) is 12.1 Å². The van der Waals surface area contributed by atoms with Gasteiger partial charge in [0.15, 0.2) is 0 Å². The molecule has 0 saturated heterocycles. The first-order valence-corrected chi connectivity index (χ1v) is 8.00. The monoisotopic (exact) mass is 313 g/mol. The molecule has 0 aromatic heterocycles. The minimum Gasteiger partial charge on any atom is -0.444 e. The molecule has 0 fully saturated rings. The zero-order valence-electron chi connectivity index (χ0n) is 13.8. The van der Waals surface area contributed by atoms with E-state index in [1.165, 1.54) is 21.9 Å². The highest BCUT2D eigenvalue weighted by Gasteiger charge is 2.30. The van der Waals surface area contributed by atoms with E-state index < -0.39 is 17.8 Å². The molecule has 0 spiro atoms. The van der Waals surface area contributed by atoms with E-state index in [-0.39, 0.29) is 6.04 Å². The average molecular weight is 313 g/mol. The Hall–Kier alpha value is -2.07. The van der Waals surface area contributed by atoms with E-state index >= 15 is 0 Å². The zero-order chi connectivity index (χ0) is 16.6. The van der Waals surface area contributed by atoms with Crippen LogP contribution in [0.5, 0.6) is 0 Å². The second kappa shape index (κ2) is 5.85. The Labute approximate surface area is 136 Å². The molecule has 2 aromatic carbocycles. The summed E-state index contributed by atoms with van der Waals surface area (Å²) in [5.74, 6) is 0. The summed E-state index contributed by atoms with van der Waals surface area (Å²) in [6, 6.07) is 12.1. The Balaban J connectivity index is 1.81. The molecule has 2 atom stereocenters. The van der Waals surface area contributed by atoms with Crippen LogP contribution >= 0.6 is 0 Å². The van der Waals surface area contributed by atoms with E-state index in [9.17, 15) is 9.90 Å². The number of nitrogens with one attached hydrogen (secondary N) is 1. The number of fused-ring (bicyclic) bond motifs is 3. The Morgan fingerprint density at radius 1 is 1.17 bits per heavy atom. The van der Waals surface area contributed by atoms with E-state index in [4.69, 9.17) is 4.74 Å². The highest BCUT2D eigenvalue weighted by molar-refractivity contribution is 5.87. The first kappa shape index (κ1) is 15.8. The van der Waals surface area contributed by atoms with Crippen LogP contribution in [0.25, 0.3) is 10.8 Å². The molecule has 2 N–H and O–H groups in total. The van der Waals surface area contributed by atoms with Crippen LogP contribution in [0.3, 0.4) is 0 Å². The maximum absolute atomic E-state index is 12.0. The second-order valence-electron chi connectivity index (χ2n) is 7.15. The van der Waals surface area contributed by atoms with Crippen molar-refractivity contribution in [1.82, 2.24) is 5.32 Å². The molecular weight excluding hydrogens is 290 g/mol. The summed E-state index contributed by atoms with van der Waals surface area (Å²) < 4.78 is 5.29. The molecule has 0 radical (unpaired) electrons. The number of rotatable bonds is 1. The lowest BCUT2D eigenvalue weighted by atomic mass is 9.83. The number of carbonyl (C=O) groups is 1. The van der Waals surface area contributed by atoms with Crippen molar-refractivity contribution in [3.63, 3.8) is 0 Å². The molecule has 0 saturated carbocycles. The van der Waals surface area contributed by atoms with Crippen molar-refractivity contribution in [3.8, 4) is 0 Å². The maximum Gasteiger partial charge on any atom is 0.407 e. The Morgan fingerprint density at radius 3 is 2.65 bits per heavy atom. The van der Waals surface area contributed by atoms with Crippen LogP contribution in [0.1, 0.15) is 31.9 Å². The lowest BCUT2D eigenvalue weighted by molar-refractivity contribution is 0.0413. The highest BCUT2D eigenvalue weighted by Crippen LogP contribution is 2.29.